The van der Waals surface area contributed by atoms with Crippen molar-refractivity contribution >= 4 is 34.9 Å². The van der Waals surface area contributed by atoms with E-state index in [2.05, 4.69) is 0 Å². The molecule has 110 valence electrons. The molecule has 0 spiro atoms. The Labute approximate surface area is 132 Å². The van der Waals surface area contributed by atoms with Crippen LogP contribution in [0.1, 0.15) is 15.9 Å². The van der Waals surface area contributed by atoms with Crippen molar-refractivity contribution in [3.63, 3.8) is 0 Å². The van der Waals surface area contributed by atoms with Gasteiger partial charge < -0.3 is 15.2 Å². The number of carbonyl (C=O) groups is 1. The molecule has 2 aromatic rings. The topological polar surface area (TPSA) is 61.5 Å². The molecule has 0 fully saturated rings. The number of carbonyl (C=O) groups excluding carboxylic acids is 1. The zero-order valence-electron chi connectivity index (χ0n) is 11.2. The van der Waals surface area contributed by atoms with Crippen LogP contribution in [0, 0.1) is 0 Å². The Bertz CT molecular complexity index is 674. The summed E-state index contributed by atoms with van der Waals surface area (Å²) in [6, 6.07) is 10.0. The minimum absolute atomic E-state index is 0.00881. The molecular weight excluding hydrogens is 313 g/mol. The first-order valence-electron chi connectivity index (χ1n) is 6.07. The molecule has 0 saturated carbocycles. The van der Waals surface area contributed by atoms with Gasteiger partial charge >= 0.3 is 5.97 Å². The predicted octanol–water partition coefficient (Wildman–Crippen LogP) is 3.94. The van der Waals surface area contributed by atoms with Crippen molar-refractivity contribution in [1.29, 1.82) is 0 Å². The number of hydrogen-bond donors (Lipinski definition) is 1. The van der Waals surface area contributed by atoms with Crippen LogP contribution in [0.15, 0.2) is 36.4 Å². The third kappa shape index (κ3) is 3.40. The van der Waals surface area contributed by atoms with Gasteiger partial charge in [-0.15, -0.1) is 0 Å². The van der Waals surface area contributed by atoms with Gasteiger partial charge in [0, 0.05) is 5.56 Å². The minimum atomic E-state index is -0.553. The van der Waals surface area contributed by atoms with Crippen LogP contribution in [-0.4, -0.2) is 13.1 Å². The maximum atomic E-state index is 12.1. The average Bonchev–Trinajstić information content (AvgIpc) is 2.48. The predicted molar refractivity (Wildman–Crippen MR) is 83.0 cm³/mol. The first kappa shape index (κ1) is 15.5. The van der Waals surface area contributed by atoms with Gasteiger partial charge in [-0.25, -0.2) is 4.79 Å². The zero-order chi connectivity index (χ0) is 15.4. The molecule has 2 rings (SSSR count). The maximum absolute atomic E-state index is 12.1. The molecule has 0 aliphatic heterocycles. The smallest absolute Gasteiger partial charge is 0.340 e. The van der Waals surface area contributed by atoms with E-state index in [-0.39, 0.29) is 17.9 Å². The summed E-state index contributed by atoms with van der Waals surface area (Å²) in [5, 5.41) is 0.775. The maximum Gasteiger partial charge on any atom is 0.340 e. The molecule has 0 atom stereocenters. The number of anilines is 1. The summed E-state index contributed by atoms with van der Waals surface area (Å²) < 4.78 is 10.3. The highest BCUT2D eigenvalue weighted by Crippen LogP contribution is 2.28. The standard InChI is InChI=1S/C15H13Cl2NO3/c1-20-12-7-3-5-10(14(12)18)15(19)21-8-9-4-2-6-11(16)13(9)17/h2-7H,8,18H2,1H3. The van der Waals surface area contributed by atoms with Crippen LogP contribution in [-0.2, 0) is 11.3 Å². The molecule has 0 heterocycles. The number of nitrogens with two attached hydrogens (primary N) is 1. The minimum Gasteiger partial charge on any atom is -0.495 e. The Kier molecular flexibility index (Phi) is 4.94. The van der Waals surface area contributed by atoms with Gasteiger partial charge in [-0.1, -0.05) is 41.4 Å². The van der Waals surface area contributed by atoms with Crippen molar-refractivity contribution in [3.8, 4) is 5.75 Å². The lowest BCUT2D eigenvalue weighted by Crippen LogP contribution is -2.09. The second-order valence-electron chi connectivity index (χ2n) is 4.21. The van der Waals surface area contributed by atoms with Gasteiger partial charge in [-0.2, -0.15) is 0 Å². The van der Waals surface area contributed by atoms with E-state index in [1.807, 2.05) is 0 Å². The van der Waals surface area contributed by atoms with Crippen LogP contribution in [0.2, 0.25) is 10.0 Å². The fraction of sp³-hybridized carbons (Fsp3) is 0.133. The molecule has 0 saturated heterocycles. The Morgan fingerprint density at radius 1 is 1.19 bits per heavy atom. The second kappa shape index (κ2) is 6.70. The summed E-state index contributed by atoms with van der Waals surface area (Å²) >= 11 is 11.9. The van der Waals surface area contributed by atoms with E-state index < -0.39 is 5.97 Å². The van der Waals surface area contributed by atoms with Crippen LogP contribution < -0.4 is 10.5 Å². The van der Waals surface area contributed by atoms with Gasteiger partial charge in [0.2, 0.25) is 0 Å². The molecule has 0 aromatic heterocycles. The van der Waals surface area contributed by atoms with Gasteiger partial charge in [0.15, 0.2) is 0 Å². The first-order chi connectivity index (χ1) is 10.0. The quantitative estimate of drug-likeness (QED) is 0.683. The number of halogens is 2. The van der Waals surface area contributed by atoms with Gasteiger partial charge in [0.1, 0.15) is 12.4 Å². The number of rotatable bonds is 4. The van der Waals surface area contributed by atoms with E-state index in [1.165, 1.54) is 7.11 Å². The van der Waals surface area contributed by atoms with Crippen molar-refractivity contribution in [2.24, 2.45) is 0 Å². The lowest BCUT2D eigenvalue weighted by molar-refractivity contribution is 0.0474. The lowest BCUT2D eigenvalue weighted by Gasteiger charge is -2.11. The second-order valence-corrected chi connectivity index (χ2v) is 5.00. The Morgan fingerprint density at radius 3 is 2.62 bits per heavy atom. The van der Waals surface area contributed by atoms with E-state index in [0.29, 0.717) is 21.4 Å². The fourth-order valence-electron chi connectivity index (χ4n) is 1.78. The summed E-state index contributed by atoms with van der Waals surface area (Å²) in [6.07, 6.45) is 0. The number of para-hydroxylation sites is 1. The van der Waals surface area contributed by atoms with Crippen LogP contribution in [0.3, 0.4) is 0 Å². The van der Waals surface area contributed by atoms with Crippen LogP contribution in [0.4, 0.5) is 5.69 Å². The summed E-state index contributed by atoms with van der Waals surface area (Å²) in [5.74, 6) is -0.132. The SMILES string of the molecule is COc1cccc(C(=O)OCc2cccc(Cl)c2Cl)c1N. The van der Waals surface area contributed by atoms with Crippen LogP contribution in [0.25, 0.3) is 0 Å². The first-order valence-corrected chi connectivity index (χ1v) is 6.82. The lowest BCUT2D eigenvalue weighted by atomic mass is 10.1. The van der Waals surface area contributed by atoms with Crippen molar-refractivity contribution in [2.75, 3.05) is 12.8 Å². The van der Waals surface area contributed by atoms with Gasteiger partial charge in [-0.05, 0) is 18.2 Å². The number of ether oxygens (including phenoxy) is 2. The number of hydrogen-bond acceptors (Lipinski definition) is 4. The zero-order valence-corrected chi connectivity index (χ0v) is 12.7. The van der Waals surface area contributed by atoms with Gasteiger partial charge in [0.25, 0.3) is 0 Å². The molecule has 6 heteroatoms. The van der Waals surface area contributed by atoms with E-state index in [9.17, 15) is 4.79 Å². The summed E-state index contributed by atoms with van der Waals surface area (Å²) in [4.78, 5) is 12.1. The number of nitrogen functional groups attached to an aromatic ring is 1. The Hall–Kier alpha value is -1.91. The number of esters is 1. The molecule has 0 aliphatic rings. The third-order valence-corrected chi connectivity index (χ3v) is 3.75. The molecule has 0 radical (unpaired) electrons. The van der Waals surface area contributed by atoms with Crippen molar-refractivity contribution in [1.82, 2.24) is 0 Å². The van der Waals surface area contributed by atoms with Crippen LogP contribution in [0.5, 0.6) is 5.75 Å². The fourth-order valence-corrected chi connectivity index (χ4v) is 2.16. The highest BCUT2D eigenvalue weighted by molar-refractivity contribution is 6.42. The molecule has 21 heavy (non-hydrogen) atoms. The van der Waals surface area contributed by atoms with Crippen LogP contribution >= 0.6 is 23.2 Å². The van der Waals surface area contributed by atoms with E-state index >= 15 is 0 Å². The number of methoxy groups -OCH3 is 1. The molecular formula is C15H13Cl2NO3. The van der Waals surface area contributed by atoms with Crippen molar-refractivity contribution in [2.45, 2.75) is 6.61 Å². The van der Waals surface area contributed by atoms with Gasteiger partial charge in [0.05, 0.1) is 28.4 Å². The number of benzene rings is 2. The highest BCUT2D eigenvalue weighted by atomic mass is 35.5. The molecule has 2 N–H and O–H groups in total. The molecule has 0 bridgehead atoms. The molecule has 0 unspecified atom stereocenters. The highest BCUT2D eigenvalue weighted by Gasteiger charge is 2.15. The third-order valence-electron chi connectivity index (χ3n) is 2.90. The van der Waals surface area contributed by atoms with E-state index in [0.717, 1.165) is 0 Å². The summed E-state index contributed by atoms with van der Waals surface area (Å²) in [7, 11) is 1.48. The summed E-state index contributed by atoms with van der Waals surface area (Å²) in [6.45, 7) is 0.00881. The van der Waals surface area contributed by atoms with Crippen molar-refractivity contribution in [3.05, 3.63) is 57.6 Å². The monoisotopic (exact) mass is 325 g/mol. The normalized spacial score (nSPS) is 10.2. The molecule has 4 nitrogen and oxygen atoms in total. The molecule has 0 amide bonds. The molecule has 0 aliphatic carbocycles. The average molecular weight is 326 g/mol. The molecule has 2 aromatic carbocycles. The van der Waals surface area contributed by atoms with E-state index in [1.54, 1.807) is 36.4 Å². The largest absolute Gasteiger partial charge is 0.495 e. The van der Waals surface area contributed by atoms with Gasteiger partial charge in [-0.3, -0.25) is 0 Å². The summed E-state index contributed by atoms with van der Waals surface area (Å²) in [5.41, 5.74) is 6.95. The Balaban J connectivity index is 2.14. The van der Waals surface area contributed by atoms with E-state index in [4.69, 9.17) is 38.4 Å². The Morgan fingerprint density at radius 2 is 1.90 bits per heavy atom. The van der Waals surface area contributed by atoms with Crippen molar-refractivity contribution < 1.29 is 14.3 Å².